The summed E-state index contributed by atoms with van der Waals surface area (Å²) in [5.41, 5.74) is 3.65. The van der Waals surface area contributed by atoms with E-state index in [4.69, 9.17) is 0 Å². The van der Waals surface area contributed by atoms with Crippen LogP contribution in [0.1, 0.15) is 61.0 Å². The van der Waals surface area contributed by atoms with Gasteiger partial charge in [-0.25, -0.2) is 0 Å². The second-order valence-corrected chi connectivity index (χ2v) is 9.48. The number of rotatable bonds is 10. The second-order valence-electron chi connectivity index (χ2n) is 8.54. The molecule has 2 N–H and O–H groups in total. The maximum absolute atomic E-state index is 12.9. The minimum atomic E-state index is -0.305. The largest absolute Gasteiger partial charge is 0.342 e. The van der Waals surface area contributed by atoms with E-state index < -0.39 is 0 Å². The fraction of sp³-hybridized carbons (Fsp3) is 0.385. The number of nitrogens with one attached hydrogen (secondary N) is 2. The normalized spacial score (nSPS) is 11.9. The van der Waals surface area contributed by atoms with Crippen molar-refractivity contribution in [3.8, 4) is 0 Å². The predicted molar refractivity (Wildman–Crippen MR) is 137 cm³/mol. The van der Waals surface area contributed by atoms with E-state index in [9.17, 15) is 9.59 Å². The van der Waals surface area contributed by atoms with Crippen LogP contribution < -0.4 is 10.6 Å². The Morgan fingerprint density at radius 3 is 2.41 bits per heavy atom. The highest BCUT2D eigenvalue weighted by molar-refractivity contribution is 7.99. The van der Waals surface area contributed by atoms with E-state index in [1.807, 2.05) is 74.7 Å². The van der Waals surface area contributed by atoms with E-state index in [-0.39, 0.29) is 29.5 Å². The second kappa shape index (κ2) is 11.8. The lowest BCUT2D eigenvalue weighted by atomic mass is 10.0. The molecule has 3 aromatic rings. The molecule has 1 heterocycles. The highest BCUT2D eigenvalue weighted by Gasteiger charge is 2.26. The van der Waals surface area contributed by atoms with Crippen molar-refractivity contribution < 1.29 is 9.59 Å². The highest BCUT2D eigenvalue weighted by Crippen LogP contribution is 2.26. The first-order valence-corrected chi connectivity index (χ1v) is 12.6. The zero-order valence-corrected chi connectivity index (χ0v) is 21.3. The number of hydrogen-bond acceptors (Lipinski definition) is 5. The molecule has 0 aliphatic heterocycles. The van der Waals surface area contributed by atoms with Crippen LogP contribution in [0.4, 0.5) is 5.69 Å². The van der Waals surface area contributed by atoms with Crippen LogP contribution in [0.3, 0.4) is 0 Å². The Kier molecular flexibility index (Phi) is 8.87. The van der Waals surface area contributed by atoms with Gasteiger partial charge in [-0.15, -0.1) is 10.2 Å². The first-order valence-electron chi connectivity index (χ1n) is 11.6. The standard InChI is InChI=1S/C26H33N5O2S/c1-6-19-11-13-21(14-12-19)27-22(32)16-34-26-30-29-24(31(26)7-2)23(17(3)4)28-25(33)20-10-8-9-18(5)15-20/h8-15,17,23H,6-7,16H2,1-5H3,(H,27,32)(H,28,33)/t23-/m1/s1. The van der Waals surface area contributed by atoms with E-state index in [0.717, 1.165) is 17.7 Å². The van der Waals surface area contributed by atoms with E-state index >= 15 is 0 Å². The lowest BCUT2D eigenvalue weighted by Gasteiger charge is -2.22. The van der Waals surface area contributed by atoms with Crippen molar-refractivity contribution in [1.29, 1.82) is 0 Å². The van der Waals surface area contributed by atoms with Crippen molar-refractivity contribution >= 4 is 29.3 Å². The lowest BCUT2D eigenvalue weighted by molar-refractivity contribution is -0.113. The Morgan fingerprint density at radius 2 is 1.79 bits per heavy atom. The van der Waals surface area contributed by atoms with E-state index in [0.29, 0.717) is 23.1 Å². The fourth-order valence-corrected chi connectivity index (χ4v) is 4.43. The van der Waals surface area contributed by atoms with Gasteiger partial charge in [-0.2, -0.15) is 0 Å². The maximum atomic E-state index is 12.9. The van der Waals surface area contributed by atoms with Crippen LogP contribution >= 0.6 is 11.8 Å². The van der Waals surface area contributed by atoms with Gasteiger partial charge >= 0.3 is 0 Å². The van der Waals surface area contributed by atoms with Crippen LogP contribution in [0, 0.1) is 12.8 Å². The van der Waals surface area contributed by atoms with Gasteiger partial charge in [0.05, 0.1) is 11.8 Å². The number of amides is 2. The number of hydrogen-bond donors (Lipinski definition) is 2. The van der Waals surface area contributed by atoms with E-state index in [1.165, 1.54) is 17.3 Å². The molecule has 0 saturated carbocycles. The topological polar surface area (TPSA) is 88.9 Å². The molecule has 2 aromatic carbocycles. The molecular formula is C26H33N5O2S. The van der Waals surface area contributed by atoms with Crippen LogP contribution in [0.2, 0.25) is 0 Å². The summed E-state index contributed by atoms with van der Waals surface area (Å²) in [5, 5.41) is 15.4. The van der Waals surface area contributed by atoms with Gasteiger partial charge in [-0.1, -0.05) is 62.4 Å². The molecule has 3 rings (SSSR count). The monoisotopic (exact) mass is 479 g/mol. The van der Waals surface area contributed by atoms with Gasteiger partial charge in [0.1, 0.15) is 0 Å². The average Bonchev–Trinajstić information content (AvgIpc) is 3.23. The Hall–Kier alpha value is -3.13. The van der Waals surface area contributed by atoms with Crippen LogP contribution in [-0.2, 0) is 17.8 Å². The van der Waals surface area contributed by atoms with Gasteiger partial charge < -0.3 is 15.2 Å². The van der Waals surface area contributed by atoms with Crippen molar-refractivity contribution in [3.63, 3.8) is 0 Å². The van der Waals surface area contributed by atoms with Crippen molar-refractivity contribution in [1.82, 2.24) is 20.1 Å². The summed E-state index contributed by atoms with van der Waals surface area (Å²) in [6, 6.07) is 15.1. The first kappa shape index (κ1) is 25.5. The number of aromatic nitrogens is 3. The number of thioether (sulfide) groups is 1. The zero-order chi connectivity index (χ0) is 24.7. The maximum Gasteiger partial charge on any atom is 0.251 e. The third-order valence-electron chi connectivity index (χ3n) is 5.55. The zero-order valence-electron chi connectivity index (χ0n) is 20.5. The molecule has 0 radical (unpaired) electrons. The van der Waals surface area contributed by atoms with Crippen molar-refractivity contribution in [2.24, 2.45) is 5.92 Å². The minimum absolute atomic E-state index is 0.102. The molecular weight excluding hydrogens is 446 g/mol. The Morgan fingerprint density at radius 1 is 1.06 bits per heavy atom. The van der Waals surface area contributed by atoms with Crippen LogP contribution in [0.5, 0.6) is 0 Å². The lowest BCUT2D eigenvalue weighted by Crippen LogP contribution is -2.33. The summed E-state index contributed by atoms with van der Waals surface area (Å²) in [7, 11) is 0. The molecule has 1 atom stereocenters. The third kappa shape index (κ3) is 6.47. The molecule has 8 heteroatoms. The predicted octanol–water partition coefficient (Wildman–Crippen LogP) is 5.03. The van der Waals surface area contributed by atoms with Gasteiger partial charge in [0.2, 0.25) is 5.91 Å². The van der Waals surface area contributed by atoms with Gasteiger partial charge in [0, 0.05) is 17.8 Å². The molecule has 0 fully saturated rings. The van der Waals surface area contributed by atoms with Crippen molar-refractivity contribution in [2.45, 2.75) is 58.8 Å². The Balaban J connectivity index is 1.69. The smallest absolute Gasteiger partial charge is 0.251 e. The summed E-state index contributed by atoms with van der Waals surface area (Å²) in [6.07, 6.45) is 0.960. The number of benzene rings is 2. The fourth-order valence-electron chi connectivity index (χ4n) is 3.63. The minimum Gasteiger partial charge on any atom is -0.342 e. The van der Waals surface area contributed by atoms with Gasteiger partial charge in [0.25, 0.3) is 5.91 Å². The summed E-state index contributed by atoms with van der Waals surface area (Å²) < 4.78 is 1.97. The first-order chi connectivity index (χ1) is 16.3. The molecule has 0 saturated heterocycles. The summed E-state index contributed by atoms with van der Waals surface area (Å²) in [5.74, 6) is 0.771. The van der Waals surface area contributed by atoms with Gasteiger partial charge in [0.15, 0.2) is 11.0 Å². The van der Waals surface area contributed by atoms with Crippen LogP contribution in [0.15, 0.2) is 53.7 Å². The Bertz CT molecular complexity index is 1120. The van der Waals surface area contributed by atoms with Crippen molar-refractivity contribution in [2.75, 3.05) is 11.1 Å². The SMILES string of the molecule is CCc1ccc(NC(=O)CSc2nnc([C@H](NC(=O)c3cccc(C)c3)C(C)C)n2CC)cc1. The number of carbonyl (C=O) groups excluding carboxylic acids is 2. The van der Waals surface area contributed by atoms with Crippen LogP contribution in [-0.4, -0.2) is 32.3 Å². The summed E-state index contributed by atoms with van der Waals surface area (Å²) in [4.78, 5) is 25.4. The molecule has 1 aromatic heterocycles. The molecule has 7 nitrogen and oxygen atoms in total. The highest BCUT2D eigenvalue weighted by atomic mass is 32.2. The quantitative estimate of drug-likeness (QED) is 0.398. The molecule has 0 unspecified atom stereocenters. The van der Waals surface area contributed by atoms with E-state index in [2.05, 4.69) is 27.8 Å². The Labute approximate surface area is 205 Å². The molecule has 0 aliphatic rings. The third-order valence-corrected chi connectivity index (χ3v) is 6.52. The molecule has 180 valence electrons. The summed E-state index contributed by atoms with van der Waals surface area (Å²) in [6.45, 7) is 10.8. The summed E-state index contributed by atoms with van der Waals surface area (Å²) >= 11 is 1.34. The molecule has 0 spiro atoms. The van der Waals surface area contributed by atoms with Crippen LogP contribution in [0.25, 0.3) is 0 Å². The number of aryl methyl sites for hydroxylation is 2. The number of carbonyl (C=O) groups is 2. The molecule has 34 heavy (non-hydrogen) atoms. The molecule has 2 amide bonds. The number of anilines is 1. The van der Waals surface area contributed by atoms with E-state index in [1.54, 1.807) is 6.07 Å². The molecule has 0 aliphatic carbocycles. The van der Waals surface area contributed by atoms with Gasteiger partial charge in [-0.3, -0.25) is 9.59 Å². The number of nitrogens with zero attached hydrogens (tertiary/aromatic N) is 3. The molecule has 0 bridgehead atoms. The van der Waals surface area contributed by atoms with Crippen molar-refractivity contribution in [3.05, 3.63) is 71.0 Å². The van der Waals surface area contributed by atoms with Gasteiger partial charge in [-0.05, 0) is 56.0 Å². The average molecular weight is 480 g/mol.